The van der Waals surface area contributed by atoms with E-state index in [4.69, 9.17) is 11.6 Å². The van der Waals surface area contributed by atoms with Crippen molar-refractivity contribution in [3.63, 3.8) is 0 Å². The molecule has 172 valence electrons. The minimum Gasteiger partial charge on any atom is -0.345 e. The maximum atomic E-state index is 12.4. The van der Waals surface area contributed by atoms with E-state index in [2.05, 4.69) is 36.8 Å². The number of carbonyl (C=O) groups is 2. The van der Waals surface area contributed by atoms with E-state index in [1.165, 1.54) is 36.0 Å². The van der Waals surface area contributed by atoms with Crippen LogP contribution in [0.3, 0.4) is 0 Å². The number of nitro groups is 1. The maximum Gasteiger partial charge on any atom is 0.270 e. The Balaban J connectivity index is 1.58. The Morgan fingerprint density at radius 3 is 2.73 bits per heavy atom. The summed E-state index contributed by atoms with van der Waals surface area (Å²) >= 11 is 10.5. The lowest BCUT2D eigenvalue weighted by atomic mass is 10.2. The number of aromatic nitrogens is 3. The van der Waals surface area contributed by atoms with Gasteiger partial charge in [0.15, 0.2) is 11.0 Å². The second kappa shape index (κ2) is 11.3. The van der Waals surface area contributed by atoms with Crippen LogP contribution in [0.1, 0.15) is 23.1 Å². The first-order chi connectivity index (χ1) is 15.8. The number of amides is 2. The number of benzene rings is 2. The van der Waals surface area contributed by atoms with Gasteiger partial charge in [0.2, 0.25) is 5.91 Å². The number of carbonyl (C=O) groups excluding carboxylic acids is 2. The van der Waals surface area contributed by atoms with Gasteiger partial charge in [-0.05, 0) is 47.1 Å². The smallest absolute Gasteiger partial charge is 0.270 e. The summed E-state index contributed by atoms with van der Waals surface area (Å²) in [6.45, 7) is 2.50. The summed E-state index contributed by atoms with van der Waals surface area (Å²) in [7, 11) is 0. The fourth-order valence-electron chi connectivity index (χ4n) is 2.80. The molecule has 2 N–H and O–H groups in total. The molecule has 0 fully saturated rings. The van der Waals surface area contributed by atoms with Gasteiger partial charge >= 0.3 is 0 Å². The third-order valence-corrected chi connectivity index (χ3v) is 6.55. The van der Waals surface area contributed by atoms with Gasteiger partial charge in [-0.15, -0.1) is 10.2 Å². The fraction of sp³-hybridized carbons (Fsp3) is 0.200. The number of nitrogens with zero attached hydrogens (tertiary/aromatic N) is 4. The maximum absolute atomic E-state index is 12.4. The number of anilines is 1. The number of rotatable bonds is 9. The molecule has 0 spiro atoms. The Kier molecular flexibility index (Phi) is 8.42. The van der Waals surface area contributed by atoms with Gasteiger partial charge in [0.25, 0.3) is 11.6 Å². The predicted octanol–water partition coefficient (Wildman–Crippen LogP) is 4.28. The molecular formula is C20H18BrClN6O4S. The van der Waals surface area contributed by atoms with E-state index < -0.39 is 10.8 Å². The summed E-state index contributed by atoms with van der Waals surface area (Å²) in [5, 5.41) is 25.7. The molecule has 0 saturated heterocycles. The van der Waals surface area contributed by atoms with Crippen molar-refractivity contribution in [2.45, 2.75) is 25.2 Å². The quantitative estimate of drug-likeness (QED) is 0.230. The number of nitro benzene ring substituents is 1. The van der Waals surface area contributed by atoms with Crippen LogP contribution in [0.4, 0.5) is 11.4 Å². The molecule has 0 saturated carbocycles. The van der Waals surface area contributed by atoms with Crippen molar-refractivity contribution >= 4 is 62.5 Å². The summed E-state index contributed by atoms with van der Waals surface area (Å²) in [5.41, 5.74) is 0.618. The zero-order chi connectivity index (χ0) is 24.0. The van der Waals surface area contributed by atoms with Crippen LogP contribution in [0.25, 0.3) is 0 Å². The van der Waals surface area contributed by atoms with E-state index in [0.717, 1.165) is 0 Å². The molecule has 0 aliphatic carbocycles. The third kappa shape index (κ3) is 6.53. The van der Waals surface area contributed by atoms with Crippen molar-refractivity contribution in [2.24, 2.45) is 0 Å². The highest BCUT2D eigenvalue weighted by molar-refractivity contribution is 9.10. The lowest BCUT2D eigenvalue weighted by Gasteiger charge is -2.09. The average Bonchev–Trinajstić information content (AvgIpc) is 3.20. The van der Waals surface area contributed by atoms with Gasteiger partial charge < -0.3 is 15.2 Å². The summed E-state index contributed by atoms with van der Waals surface area (Å²) in [4.78, 5) is 35.0. The van der Waals surface area contributed by atoms with Crippen LogP contribution < -0.4 is 10.6 Å². The first-order valence-corrected chi connectivity index (χ1v) is 11.8. The van der Waals surface area contributed by atoms with Crippen LogP contribution in [0, 0.1) is 10.1 Å². The van der Waals surface area contributed by atoms with Crippen LogP contribution >= 0.6 is 39.3 Å². The molecule has 0 radical (unpaired) electrons. The zero-order valence-corrected chi connectivity index (χ0v) is 20.4. The number of hydrogen-bond acceptors (Lipinski definition) is 7. The van der Waals surface area contributed by atoms with E-state index in [1.54, 1.807) is 22.8 Å². The highest BCUT2D eigenvalue weighted by Gasteiger charge is 2.16. The largest absolute Gasteiger partial charge is 0.345 e. The SMILES string of the molecule is CCn1c(CNC(=O)c2cccc([N+](=O)[O-])c2)nnc1SCC(=O)Nc1ccc(Cl)c(Br)c1. The Bertz CT molecular complexity index is 1210. The number of hydrogen-bond donors (Lipinski definition) is 2. The van der Waals surface area contributed by atoms with Gasteiger partial charge in [0, 0.05) is 34.4 Å². The molecule has 0 atom stereocenters. The third-order valence-electron chi connectivity index (χ3n) is 4.37. The summed E-state index contributed by atoms with van der Waals surface area (Å²) < 4.78 is 2.46. The van der Waals surface area contributed by atoms with E-state index in [9.17, 15) is 19.7 Å². The van der Waals surface area contributed by atoms with Gasteiger partial charge in [-0.2, -0.15) is 0 Å². The molecule has 2 amide bonds. The molecule has 0 unspecified atom stereocenters. The number of thioether (sulfide) groups is 1. The monoisotopic (exact) mass is 552 g/mol. The lowest BCUT2D eigenvalue weighted by Crippen LogP contribution is -2.25. The molecular weight excluding hydrogens is 536 g/mol. The van der Waals surface area contributed by atoms with Gasteiger partial charge in [-0.3, -0.25) is 19.7 Å². The Morgan fingerprint density at radius 2 is 2.03 bits per heavy atom. The molecule has 2 aromatic carbocycles. The second-order valence-corrected chi connectivity index (χ2v) is 8.80. The highest BCUT2D eigenvalue weighted by atomic mass is 79.9. The highest BCUT2D eigenvalue weighted by Crippen LogP contribution is 2.26. The molecule has 13 heteroatoms. The van der Waals surface area contributed by atoms with Crippen molar-refractivity contribution in [3.05, 3.63) is 73.5 Å². The van der Waals surface area contributed by atoms with Gasteiger partial charge in [-0.25, -0.2) is 0 Å². The Labute approximate surface area is 206 Å². The van der Waals surface area contributed by atoms with Crippen LogP contribution in [0.2, 0.25) is 5.02 Å². The van der Waals surface area contributed by atoms with Crippen molar-refractivity contribution in [2.75, 3.05) is 11.1 Å². The summed E-state index contributed by atoms with van der Waals surface area (Å²) in [5.74, 6) is -0.0772. The van der Waals surface area contributed by atoms with Crippen molar-refractivity contribution in [3.8, 4) is 0 Å². The van der Waals surface area contributed by atoms with Crippen LogP contribution in [-0.4, -0.2) is 37.3 Å². The first kappa shape index (κ1) is 24.7. The zero-order valence-electron chi connectivity index (χ0n) is 17.2. The molecule has 0 aliphatic rings. The first-order valence-electron chi connectivity index (χ1n) is 9.61. The van der Waals surface area contributed by atoms with Crippen LogP contribution in [-0.2, 0) is 17.9 Å². The second-order valence-electron chi connectivity index (χ2n) is 6.60. The van der Waals surface area contributed by atoms with Crippen LogP contribution in [0.5, 0.6) is 0 Å². The molecule has 1 heterocycles. The molecule has 3 rings (SSSR count). The average molecular weight is 554 g/mol. The Hall–Kier alpha value is -2.96. The van der Waals surface area contributed by atoms with Crippen molar-refractivity contribution < 1.29 is 14.5 Å². The molecule has 3 aromatic rings. The predicted molar refractivity (Wildman–Crippen MR) is 128 cm³/mol. The van der Waals surface area contributed by atoms with E-state index in [1.807, 2.05) is 6.92 Å². The van der Waals surface area contributed by atoms with Crippen molar-refractivity contribution in [1.29, 1.82) is 0 Å². The van der Waals surface area contributed by atoms with E-state index in [0.29, 0.717) is 32.7 Å². The minimum absolute atomic E-state index is 0.0773. The minimum atomic E-state index is -0.560. The molecule has 1 aromatic heterocycles. The normalized spacial score (nSPS) is 10.6. The Morgan fingerprint density at radius 1 is 1.24 bits per heavy atom. The summed E-state index contributed by atoms with van der Waals surface area (Å²) in [6, 6.07) is 10.6. The topological polar surface area (TPSA) is 132 Å². The van der Waals surface area contributed by atoms with E-state index >= 15 is 0 Å². The van der Waals surface area contributed by atoms with Gasteiger partial charge in [0.1, 0.15) is 0 Å². The molecule has 0 aliphatic heterocycles. The van der Waals surface area contributed by atoms with Crippen molar-refractivity contribution in [1.82, 2.24) is 20.1 Å². The van der Waals surface area contributed by atoms with Crippen LogP contribution in [0.15, 0.2) is 52.1 Å². The molecule has 10 nitrogen and oxygen atoms in total. The molecule has 0 bridgehead atoms. The van der Waals surface area contributed by atoms with Gasteiger partial charge in [0.05, 0.1) is 22.2 Å². The van der Waals surface area contributed by atoms with Gasteiger partial charge in [-0.1, -0.05) is 29.4 Å². The summed E-state index contributed by atoms with van der Waals surface area (Å²) in [6.07, 6.45) is 0. The lowest BCUT2D eigenvalue weighted by molar-refractivity contribution is -0.384. The number of nitrogens with one attached hydrogen (secondary N) is 2. The molecule has 33 heavy (non-hydrogen) atoms. The van der Waals surface area contributed by atoms with E-state index in [-0.39, 0.29) is 29.5 Å². The fourth-order valence-corrected chi connectivity index (χ4v) is 4.11. The standard InChI is InChI=1S/C20H18BrClN6O4S/c1-2-27-17(10-23-19(30)12-4-3-5-14(8-12)28(31)32)25-26-20(27)33-11-18(29)24-13-6-7-16(22)15(21)9-13/h3-9H,2,10-11H2,1H3,(H,23,30)(H,24,29). The number of halogens is 2. The number of non-ortho nitro benzene ring substituents is 1.